The van der Waals surface area contributed by atoms with E-state index in [1.165, 1.54) is 5.56 Å². The van der Waals surface area contributed by atoms with E-state index < -0.39 is 0 Å². The van der Waals surface area contributed by atoms with Crippen molar-refractivity contribution in [2.75, 3.05) is 13.7 Å². The minimum absolute atomic E-state index is 0.205. The third-order valence-electron chi connectivity index (χ3n) is 2.37. The molecule has 0 spiro atoms. The van der Waals surface area contributed by atoms with E-state index in [0.717, 1.165) is 11.3 Å². The Balaban J connectivity index is 2.88. The van der Waals surface area contributed by atoms with Crippen molar-refractivity contribution in [3.63, 3.8) is 0 Å². The first-order chi connectivity index (χ1) is 7.19. The molecule has 0 fully saturated rings. The fraction of sp³-hybridized carbons (Fsp3) is 0.385. The van der Waals surface area contributed by atoms with Gasteiger partial charge in [-0.15, -0.1) is 6.42 Å². The molecule has 0 amide bonds. The van der Waals surface area contributed by atoms with E-state index in [1.807, 2.05) is 13.0 Å². The van der Waals surface area contributed by atoms with Gasteiger partial charge in [0.25, 0.3) is 0 Å². The molecule has 0 saturated heterocycles. The molecule has 0 aromatic heterocycles. The van der Waals surface area contributed by atoms with Gasteiger partial charge in [0.05, 0.1) is 13.7 Å². The molecule has 0 aliphatic carbocycles. The molecule has 15 heavy (non-hydrogen) atoms. The van der Waals surface area contributed by atoms with Crippen LogP contribution < -0.4 is 10.1 Å². The van der Waals surface area contributed by atoms with Gasteiger partial charge in [0, 0.05) is 11.6 Å². The smallest absolute Gasteiger partial charge is 0.123 e. The highest BCUT2D eigenvalue weighted by Crippen LogP contribution is 2.25. The molecule has 0 bridgehead atoms. The summed E-state index contributed by atoms with van der Waals surface area (Å²) in [6, 6.07) is 6.38. The highest BCUT2D eigenvalue weighted by Gasteiger charge is 2.09. The minimum Gasteiger partial charge on any atom is -0.496 e. The van der Waals surface area contributed by atoms with Crippen molar-refractivity contribution in [2.45, 2.75) is 19.9 Å². The summed E-state index contributed by atoms with van der Waals surface area (Å²) in [4.78, 5) is 0. The number of hydrogen-bond acceptors (Lipinski definition) is 2. The summed E-state index contributed by atoms with van der Waals surface area (Å²) >= 11 is 0. The van der Waals surface area contributed by atoms with Gasteiger partial charge in [-0.25, -0.2) is 0 Å². The van der Waals surface area contributed by atoms with Gasteiger partial charge in [-0.3, -0.25) is 5.32 Å². The zero-order valence-electron chi connectivity index (χ0n) is 9.50. The van der Waals surface area contributed by atoms with Crippen LogP contribution in [0.3, 0.4) is 0 Å². The standard InChI is InChI=1S/C13H17NO/c1-5-8-14-11(3)12-7-6-10(2)9-13(12)15-4/h1,6-7,9,11,14H,8H2,2-4H3. The molecular weight excluding hydrogens is 186 g/mol. The van der Waals surface area contributed by atoms with Crippen LogP contribution in [-0.4, -0.2) is 13.7 Å². The average Bonchev–Trinajstić information content (AvgIpc) is 2.25. The molecule has 1 aromatic rings. The molecule has 2 heteroatoms. The minimum atomic E-state index is 0.205. The first-order valence-corrected chi connectivity index (χ1v) is 5.00. The number of ether oxygens (including phenoxy) is 1. The number of nitrogens with one attached hydrogen (secondary N) is 1. The summed E-state index contributed by atoms with van der Waals surface area (Å²) in [5.41, 5.74) is 2.33. The van der Waals surface area contributed by atoms with Crippen LogP contribution in [0, 0.1) is 19.3 Å². The monoisotopic (exact) mass is 203 g/mol. The topological polar surface area (TPSA) is 21.3 Å². The fourth-order valence-corrected chi connectivity index (χ4v) is 1.50. The third-order valence-corrected chi connectivity index (χ3v) is 2.37. The van der Waals surface area contributed by atoms with Crippen LogP contribution in [0.1, 0.15) is 24.1 Å². The van der Waals surface area contributed by atoms with Crippen molar-refractivity contribution in [2.24, 2.45) is 0 Å². The molecule has 1 atom stereocenters. The predicted molar refractivity (Wildman–Crippen MR) is 63.0 cm³/mol. The van der Waals surface area contributed by atoms with Crippen molar-refractivity contribution >= 4 is 0 Å². The van der Waals surface area contributed by atoms with E-state index >= 15 is 0 Å². The third kappa shape index (κ3) is 3.00. The Morgan fingerprint density at radius 3 is 2.87 bits per heavy atom. The highest BCUT2D eigenvalue weighted by molar-refractivity contribution is 5.39. The molecule has 0 aliphatic rings. The van der Waals surface area contributed by atoms with Gasteiger partial charge in [0.2, 0.25) is 0 Å². The maximum absolute atomic E-state index is 5.34. The molecule has 0 aliphatic heterocycles. The van der Waals surface area contributed by atoms with Crippen LogP contribution in [-0.2, 0) is 0 Å². The fourth-order valence-electron chi connectivity index (χ4n) is 1.50. The van der Waals surface area contributed by atoms with Crippen molar-refractivity contribution in [1.29, 1.82) is 0 Å². The summed E-state index contributed by atoms with van der Waals surface area (Å²) in [5, 5.41) is 3.23. The van der Waals surface area contributed by atoms with Crippen LogP contribution in [0.15, 0.2) is 18.2 Å². The molecule has 0 heterocycles. The molecule has 0 saturated carbocycles. The largest absolute Gasteiger partial charge is 0.496 e. The van der Waals surface area contributed by atoms with Crippen LogP contribution in [0.2, 0.25) is 0 Å². The second-order valence-corrected chi connectivity index (χ2v) is 3.55. The van der Waals surface area contributed by atoms with Crippen LogP contribution >= 0.6 is 0 Å². The van der Waals surface area contributed by atoms with E-state index in [0.29, 0.717) is 6.54 Å². The average molecular weight is 203 g/mol. The second-order valence-electron chi connectivity index (χ2n) is 3.55. The molecule has 1 N–H and O–H groups in total. The zero-order chi connectivity index (χ0) is 11.3. The molecule has 1 unspecified atom stereocenters. The maximum Gasteiger partial charge on any atom is 0.123 e. The summed E-state index contributed by atoms with van der Waals surface area (Å²) in [6.45, 7) is 4.69. The van der Waals surface area contributed by atoms with Gasteiger partial charge in [0.1, 0.15) is 5.75 Å². The van der Waals surface area contributed by atoms with Gasteiger partial charge in [-0.05, 0) is 25.5 Å². The first-order valence-electron chi connectivity index (χ1n) is 5.00. The zero-order valence-corrected chi connectivity index (χ0v) is 9.50. The normalized spacial score (nSPS) is 11.9. The Labute approximate surface area is 91.6 Å². The summed E-state index contributed by atoms with van der Waals surface area (Å²) in [5.74, 6) is 3.47. The van der Waals surface area contributed by atoms with Crippen LogP contribution in [0.25, 0.3) is 0 Å². The number of methoxy groups -OCH3 is 1. The number of aryl methyl sites for hydroxylation is 1. The van der Waals surface area contributed by atoms with Gasteiger partial charge >= 0.3 is 0 Å². The van der Waals surface area contributed by atoms with Gasteiger partial charge in [-0.1, -0.05) is 18.1 Å². The quantitative estimate of drug-likeness (QED) is 0.758. The Morgan fingerprint density at radius 1 is 1.53 bits per heavy atom. The van der Waals surface area contributed by atoms with E-state index in [1.54, 1.807) is 7.11 Å². The highest BCUT2D eigenvalue weighted by atomic mass is 16.5. The number of benzene rings is 1. The summed E-state index contributed by atoms with van der Waals surface area (Å²) in [6.07, 6.45) is 5.21. The summed E-state index contributed by atoms with van der Waals surface area (Å²) in [7, 11) is 1.69. The Bertz CT molecular complexity index is 365. The summed E-state index contributed by atoms with van der Waals surface area (Å²) < 4.78 is 5.34. The number of rotatable bonds is 4. The predicted octanol–water partition coefficient (Wildman–Crippen LogP) is 2.29. The molecular formula is C13H17NO. The van der Waals surface area contributed by atoms with Gasteiger partial charge < -0.3 is 4.74 Å². The van der Waals surface area contributed by atoms with Gasteiger partial charge in [0.15, 0.2) is 0 Å². The molecule has 0 radical (unpaired) electrons. The second kappa shape index (κ2) is 5.43. The number of terminal acetylenes is 1. The van der Waals surface area contributed by atoms with E-state index in [2.05, 4.69) is 30.3 Å². The Hall–Kier alpha value is -1.46. The van der Waals surface area contributed by atoms with Gasteiger partial charge in [-0.2, -0.15) is 0 Å². The molecule has 1 aromatic carbocycles. The lowest BCUT2D eigenvalue weighted by Crippen LogP contribution is -2.19. The van der Waals surface area contributed by atoms with Crippen molar-refractivity contribution in [3.8, 4) is 18.1 Å². The SMILES string of the molecule is C#CCNC(C)c1ccc(C)cc1OC. The van der Waals surface area contributed by atoms with E-state index in [-0.39, 0.29) is 6.04 Å². The maximum atomic E-state index is 5.34. The van der Waals surface area contributed by atoms with E-state index in [9.17, 15) is 0 Å². The van der Waals surface area contributed by atoms with Crippen LogP contribution in [0.5, 0.6) is 5.75 Å². The Kier molecular flexibility index (Phi) is 4.20. The van der Waals surface area contributed by atoms with Crippen molar-refractivity contribution < 1.29 is 4.74 Å². The lowest BCUT2D eigenvalue weighted by molar-refractivity contribution is 0.403. The molecule has 80 valence electrons. The number of hydrogen-bond donors (Lipinski definition) is 1. The van der Waals surface area contributed by atoms with Crippen LogP contribution in [0.4, 0.5) is 0 Å². The van der Waals surface area contributed by atoms with Crippen molar-refractivity contribution in [1.82, 2.24) is 5.32 Å². The van der Waals surface area contributed by atoms with Crippen molar-refractivity contribution in [3.05, 3.63) is 29.3 Å². The lowest BCUT2D eigenvalue weighted by atomic mass is 10.1. The van der Waals surface area contributed by atoms with E-state index in [4.69, 9.17) is 11.2 Å². The first kappa shape index (κ1) is 11.6. The molecule has 2 nitrogen and oxygen atoms in total. The Morgan fingerprint density at radius 2 is 2.27 bits per heavy atom. The lowest BCUT2D eigenvalue weighted by Gasteiger charge is -2.16. The molecule has 1 rings (SSSR count).